The minimum Gasteiger partial charge on any atom is -0.472 e. The molecule has 0 amide bonds. The van der Waals surface area contributed by atoms with Crippen molar-refractivity contribution in [1.29, 1.82) is 0 Å². The Morgan fingerprint density at radius 3 is 2.86 bits per heavy atom. The first-order valence-corrected chi connectivity index (χ1v) is 4.28. The summed E-state index contributed by atoms with van der Waals surface area (Å²) >= 11 is 0. The molecule has 14 heavy (non-hydrogen) atoms. The van der Waals surface area contributed by atoms with E-state index < -0.39 is 0 Å². The van der Waals surface area contributed by atoms with Crippen LogP contribution in [0.25, 0.3) is 11.3 Å². The number of rotatable bonds is 1. The second kappa shape index (κ2) is 3.14. The zero-order valence-corrected chi connectivity index (χ0v) is 8.00. The van der Waals surface area contributed by atoms with Crippen molar-refractivity contribution in [2.45, 2.75) is 13.8 Å². The van der Waals surface area contributed by atoms with Crippen molar-refractivity contribution in [3.05, 3.63) is 40.3 Å². The number of hydrogen-bond donors (Lipinski definition) is 1. The number of aryl methyl sites for hydroxylation is 1. The van der Waals surface area contributed by atoms with Crippen molar-refractivity contribution < 1.29 is 4.42 Å². The number of nitrogens with zero attached hydrogens (tertiary/aromatic N) is 1. The molecule has 4 heteroatoms. The molecule has 0 radical (unpaired) electrons. The van der Waals surface area contributed by atoms with Crippen LogP contribution in [0.2, 0.25) is 0 Å². The van der Waals surface area contributed by atoms with E-state index in [0.29, 0.717) is 17.1 Å². The lowest BCUT2D eigenvalue weighted by molar-refractivity contribution is 0.568. The molecule has 0 aliphatic carbocycles. The van der Waals surface area contributed by atoms with Gasteiger partial charge in [0, 0.05) is 11.1 Å². The molecule has 0 aromatic carbocycles. The topological polar surface area (TPSA) is 58.9 Å². The lowest BCUT2D eigenvalue weighted by atomic mass is 10.1. The highest BCUT2D eigenvalue weighted by Crippen LogP contribution is 2.18. The first-order chi connectivity index (χ1) is 6.68. The number of hydrogen-bond acceptors (Lipinski definition) is 3. The van der Waals surface area contributed by atoms with Crippen molar-refractivity contribution in [2.75, 3.05) is 0 Å². The van der Waals surface area contributed by atoms with Crippen molar-refractivity contribution in [2.24, 2.45) is 0 Å². The molecule has 4 nitrogen and oxygen atoms in total. The Morgan fingerprint density at radius 1 is 1.43 bits per heavy atom. The molecule has 0 saturated heterocycles. The minimum absolute atomic E-state index is 0.103. The second-order valence-corrected chi connectivity index (χ2v) is 3.14. The van der Waals surface area contributed by atoms with E-state index in [1.54, 1.807) is 32.4 Å². The van der Waals surface area contributed by atoms with Gasteiger partial charge in [0.2, 0.25) is 0 Å². The van der Waals surface area contributed by atoms with Gasteiger partial charge in [-0.15, -0.1) is 0 Å². The Labute approximate surface area is 80.6 Å². The third kappa shape index (κ3) is 1.35. The molecule has 0 atom stereocenters. The lowest BCUT2D eigenvalue weighted by Gasteiger charge is -2.01. The van der Waals surface area contributed by atoms with Gasteiger partial charge in [0.1, 0.15) is 5.82 Å². The maximum absolute atomic E-state index is 11.4. The Morgan fingerprint density at radius 2 is 2.21 bits per heavy atom. The molecule has 0 spiro atoms. The van der Waals surface area contributed by atoms with E-state index >= 15 is 0 Å². The predicted molar refractivity (Wildman–Crippen MR) is 52.0 cm³/mol. The highest BCUT2D eigenvalue weighted by molar-refractivity contribution is 5.60. The van der Waals surface area contributed by atoms with Crippen LogP contribution >= 0.6 is 0 Å². The molecule has 0 bridgehead atoms. The van der Waals surface area contributed by atoms with Gasteiger partial charge < -0.3 is 9.40 Å². The summed E-state index contributed by atoms with van der Waals surface area (Å²) in [6.45, 7) is 3.50. The van der Waals surface area contributed by atoms with Crippen molar-refractivity contribution >= 4 is 0 Å². The second-order valence-electron chi connectivity index (χ2n) is 3.14. The summed E-state index contributed by atoms with van der Waals surface area (Å²) in [4.78, 5) is 18.3. The SMILES string of the molecule is Cc1nc(-c2ccoc2)c(C)c(=O)[nH]1. The lowest BCUT2D eigenvalue weighted by Crippen LogP contribution is -2.14. The molecule has 2 aromatic rings. The van der Waals surface area contributed by atoms with E-state index in [9.17, 15) is 4.79 Å². The first kappa shape index (κ1) is 8.74. The van der Waals surface area contributed by atoms with E-state index in [1.807, 2.05) is 0 Å². The molecular weight excluding hydrogens is 180 g/mol. The van der Waals surface area contributed by atoms with E-state index in [4.69, 9.17) is 4.42 Å². The van der Waals surface area contributed by atoms with Crippen LogP contribution in [0.15, 0.2) is 27.8 Å². The van der Waals surface area contributed by atoms with Crippen LogP contribution in [0.3, 0.4) is 0 Å². The highest BCUT2D eigenvalue weighted by Gasteiger charge is 2.08. The van der Waals surface area contributed by atoms with Crippen molar-refractivity contribution in [3.8, 4) is 11.3 Å². The fraction of sp³-hybridized carbons (Fsp3) is 0.200. The molecule has 72 valence electrons. The van der Waals surface area contributed by atoms with Crippen LogP contribution in [-0.2, 0) is 0 Å². The van der Waals surface area contributed by atoms with Gasteiger partial charge in [-0.1, -0.05) is 0 Å². The maximum atomic E-state index is 11.4. The standard InChI is InChI=1S/C10H10N2O2/c1-6-9(8-3-4-14-5-8)11-7(2)12-10(6)13/h3-5H,1-2H3,(H,11,12,13). The molecule has 0 unspecified atom stereocenters. The highest BCUT2D eigenvalue weighted by atomic mass is 16.3. The van der Waals surface area contributed by atoms with Gasteiger partial charge in [-0.25, -0.2) is 4.98 Å². The van der Waals surface area contributed by atoms with E-state index in [2.05, 4.69) is 9.97 Å². The Kier molecular flexibility index (Phi) is 1.96. The van der Waals surface area contributed by atoms with Crippen LogP contribution < -0.4 is 5.56 Å². The summed E-state index contributed by atoms with van der Waals surface area (Å²) in [6.07, 6.45) is 3.14. The predicted octanol–water partition coefficient (Wildman–Crippen LogP) is 1.65. The van der Waals surface area contributed by atoms with E-state index in [-0.39, 0.29) is 5.56 Å². The molecule has 2 rings (SSSR count). The average Bonchev–Trinajstić information content (AvgIpc) is 2.63. The molecular formula is C10H10N2O2. The van der Waals surface area contributed by atoms with Gasteiger partial charge in [0.05, 0.1) is 18.2 Å². The average molecular weight is 190 g/mol. The summed E-state index contributed by atoms with van der Waals surface area (Å²) in [5, 5.41) is 0. The molecule has 2 aromatic heterocycles. The van der Waals surface area contributed by atoms with Gasteiger partial charge in [0.25, 0.3) is 5.56 Å². The number of aromatic nitrogens is 2. The summed E-state index contributed by atoms with van der Waals surface area (Å²) in [7, 11) is 0. The number of aromatic amines is 1. The number of nitrogens with one attached hydrogen (secondary N) is 1. The summed E-state index contributed by atoms with van der Waals surface area (Å²) in [5.74, 6) is 0.608. The summed E-state index contributed by atoms with van der Waals surface area (Å²) in [6, 6.07) is 1.79. The molecule has 0 fully saturated rings. The number of H-pyrrole nitrogens is 1. The van der Waals surface area contributed by atoms with Gasteiger partial charge in [0.15, 0.2) is 0 Å². The summed E-state index contributed by atoms with van der Waals surface area (Å²) in [5.41, 5.74) is 2.02. The van der Waals surface area contributed by atoms with Gasteiger partial charge in [-0.05, 0) is 19.9 Å². The maximum Gasteiger partial charge on any atom is 0.254 e. The van der Waals surface area contributed by atoms with E-state index in [0.717, 1.165) is 5.56 Å². The van der Waals surface area contributed by atoms with Crippen LogP contribution in [0, 0.1) is 13.8 Å². The zero-order chi connectivity index (χ0) is 10.1. The minimum atomic E-state index is -0.103. The van der Waals surface area contributed by atoms with Crippen LogP contribution in [0.1, 0.15) is 11.4 Å². The largest absolute Gasteiger partial charge is 0.472 e. The monoisotopic (exact) mass is 190 g/mol. The Bertz CT molecular complexity index is 497. The van der Waals surface area contributed by atoms with Gasteiger partial charge >= 0.3 is 0 Å². The van der Waals surface area contributed by atoms with Crippen molar-refractivity contribution in [3.63, 3.8) is 0 Å². The van der Waals surface area contributed by atoms with Gasteiger partial charge in [-0.3, -0.25) is 4.79 Å². The molecule has 2 heterocycles. The number of furan rings is 1. The molecule has 0 aliphatic rings. The Hall–Kier alpha value is -1.84. The van der Waals surface area contributed by atoms with Gasteiger partial charge in [-0.2, -0.15) is 0 Å². The van der Waals surface area contributed by atoms with Crippen LogP contribution in [0.5, 0.6) is 0 Å². The molecule has 0 saturated carbocycles. The van der Waals surface area contributed by atoms with Crippen LogP contribution in [0.4, 0.5) is 0 Å². The Balaban J connectivity index is 2.70. The van der Waals surface area contributed by atoms with Crippen molar-refractivity contribution in [1.82, 2.24) is 9.97 Å². The van der Waals surface area contributed by atoms with Crippen LogP contribution in [-0.4, -0.2) is 9.97 Å². The fourth-order valence-electron chi connectivity index (χ4n) is 1.33. The quantitative estimate of drug-likeness (QED) is 0.743. The third-order valence-corrected chi connectivity index (χ3v) is 2.06. The first-order valence-electron chi connectivity index (χ1n) is 4.28. The smallest absolute Gasteiger partial charge is 0.254 e. The molecule has 1 N–H and O–H groups in total. The summed E-state index contributed by atoms with van der Waals surface area (Å²) < 4.78 is 4.95. The third-order valence-electron chi connectivity index (χ3n) is 2.06. The molecule has 0 aliphatic heterocycles. The van der Waals surface area contributed by atoms with E-state index in [1.165, 1.54) is 0 Å². The fourth-order valence-corrected chi connectivity index (χ4v) is 1.33. The zero-order valence-electron chi connectivity index (χ0n) is 8.00. The normalized spacial score (nSPS) is 10.4.